The zero-order chi connectivity index (χ0) is 13.9. The number of halogens is 1. The van der Waals surface area contributed by atoms with Crippen molar-refractivity contribution < 1.29 is 4.39 Å². The van der Waals surface area contributed by atoms with Crippen LogP contribution in [-0.4, -0.2) is 30.1 Å². The highest BCUT2D eigenvalue weighted by molar-refractivity contribution is 8.00. The average molecular weight is 282 g/mol. The second-order valence-corrected chi connectivity index (χ2v) is 7.40. The van der Waals surface area contributed by atoms with Crippen molar-refractivity contribution in [2.45, 2.75) is 32.1 Å². The summed E-state index contributed by atoms with van der Waals surface area (Å²) < 4.78 is 14.4. The van der Waals surface area contributed by atoms with E-state index in [2.05, 4.69) is 31.0 Å². The summed E-state index contributed by atoms with van der Waals surface area (Å²) in [4.78, 5) is 2.17. The molecule has 1 aliphatic heterocycles. The SMILES string of the molecule is CCNCc1ccc(N2CCSC(C)(C)C2)c(F)c1. The third kappa shape index (κ3) is 3.86. The maximum Gasteiger partial charge on any atom is 0.146 e. The Hall–Kier alpha value is -0.740. The van der Waals surface area contributed by atoms with Crippen LogP contribution in [0.4, 0.5) is 10.1 Å². The van der Waals surface area contributed by atoms with Crippen molar-refractivity contribution >= 4 is 17.4 Å². The molecule has 1 aliphatic rings. The van der Waals surface area contributed by atoms with E-state index in [4.69, 9.17) is 0 Å². The maximum atomic E-state index is 14.2. The quantitative estimate of drug-likeness (QED) is 0.912. The molecule has 1 aromatic rings. The van der Waals surface area contributed by atoms with Gasteiger partial charge in [-0.2, -0.15) is 11.8 Å². The lowest BCUT2D eigenvalue weighted by atomic mass is 10.1. The lowest BCUT2D eigenvalue weighted by Gasteiger charge is -2.39. The van der Waals surface area contributed by atoms with Crippen molar-refractivity contribution in [1.29, 1.82) is 0 Å². The van der Waals surface area contributed by atoms with E-state index < -0.39 is 0 Å². The van der Waals surface area contributed by atoms with Crippen molar-refractivity contribution in [3.05, 3.63) is 29.6 Å². The fraction of sp³-hybridized carbons (Fsp3) is 0.600. The molecule has 0 aromatic heterocycles. The predicted molar refractivity (Wildman–Crippen MR) is 82.5 cm³/mol. The van der Waals surface area contributed by atoms with Gasteiger partial charge in [-0.05, 0) is 38.1 Å². The summed E-state index contributed by atoms with van der Waals surface area (Å²) in [5.41, 5.74) is 1.75. The van der Waals surface area contributed by atoms with Gasteiger partial charge in [0.1, 0.15) is 5.82 Å². The van der Waals surface area contributed by atoms with Gasteiger partial charge >= 0.3 is 0 Å². The van der Waals surface area contributed by atoms with Crippen LogP contribution in [-0.2, 0) is 6.54 Å². The highest BCUT2D eigenvalue weighted by atomic mass is 32.2. The van der Waals surface area contributed by atoms with Crippen molar-refractivity contribution in [3.8, 4) is 0 Å². The van der Waals surface area contributed by atoms with Crippen LogP contribution in [0.3, 0.4) is 0 Å². The van der Waals surface area contributed by atoms with Crippen molar-refractivity contribution in [1.82, 2.24) is 5.32 Å². The minimum Gasteiger partial charge on any atom is -0.367 e. The summed E-state index contributed by atoms with van der Waals surface area (Å²) in [5, 5.41) is 3.22. The minimum absolute atomic E-state index is 0.0990. The van der Waals surface area contributed by atoms with Crippen molar-refractivity contribution in [3.63, 3.8) is 0 Å². The number of hydrogen-bond donors (Lipinski definition) is 1. The Bertz CT molecular complexity index is 434. The van der Waals surface area contributed by atoms with Gasteiger partial charge in [0, 0.05) is 30.1 Å². The first-order valence-electron chi connectivity index (χ1n) is 6.90. The third-order valence-corrected chi connectivity index (χ3v) is 4.65. The first kappa shape index (κ1) is 14.7. The summed E-state index contributed by atoms with van der Waals surface area (Å²) in [5.74, 6) is 0.962. The lowest BCUT2D eigenvalue weighted by molar-refractivity contribution is 0.594. The molecule has 1 N–H and O–H groups in total. The zero-order valence-corrected chi connectivity index (χ0v) is 12.8. The summed E-state index contributed by atoms with van der Waals surface area (Å²) in [6.07, 6.45) is 0. The Kier molecular flexibility index (Phi) is 4.74. The second kappa shape index (κ2) is 6.14. The van der Waals surface area contributed by atoms with Gasteiger partial charge in [0.25, 0.3) is 0 Å². The van der Waals surface area contributed by atoms with E-state index in [-0.39, 0.29) is 10.6 Å². The molecule has 0 spiro atoms. The molecule has 1 fully saturated rings. The molecule has 2 nitrogen and oxygen atoms in total. The average Bonchev–Trinajstić information content (AvgIpc) is 2.35. The van der Waals surface area contributed by atoms with E-state index in [1.165, 1.54) is 0 Å². The molecule has 4 heteroatoms. The van der Waals surface area contributed by atoms with Gasteiger partial charge in [-0.1, -0.05) is 13.0 Å². The third-order valence-electron chi connectivity index (χ3n) is 3.36. The molecule has 0 atom stereocenters. The number of benzene rings is 1. The van der Waals surface area contributed by atoms with Gasteiger partial charge < -0.3 is 10.2 Å². The van der Waals surface area contributed by atoms with Gasteiger partial charge in [0.05, 0.1) is 5.69 Å². The number of nitrogens with one attached hydrogen (secondary N) is 1. The van der Waals surface area contributed by atoms with Crippen LogP contribution in [0.5, 0.6) is 0 Å². The fourth-order valence-electron chi connectivity index (χ4n) is 2.41. The van der Waals surface area contributed by atoms with E-state index in [0.29, 0.717) is 0 Å². The van der Waals surface area contributed by atoms with E-state index in [9.17, 15) is 4.39 Å². The summed E-state index contributed by atoms with van der Waals surface area (Å²) in [6, 6.07) is 5.61. The van der Waals surface area contributed by atoms with E-state index >= 15 is 0 Å². The molecule has 19 heavy (non-hydrogen) atoms. The van der Waals surface area contributed by atoms with Gasteiger partial charge in [0.15, 0.2) is 0 Å². The normalized spacial score (nSPS) is 18.6. The van der Waals surface area contributed by atoms with Crippen LogP contribution < -0.4 is 10.2 Å². The summed E-state index contributed by atoms with van der Waals surface area (Å²) in [6.45, 7) is 9.97. The molecule has 1 aromatic carbocycles. The van der Waals surface area contributed by atoms with E-state index in [1.54, 1.807) is 6.07 Å². The highest BCUT2D eigenvalue weighted by Gasteiger charge is 2.28. The molecule has 0 saturated carbocycles. The molecular weight excluding hydrogens is 259 g/mol. The largest absolute Gasteiger partial charge is 0.367 e. The molecule has 1 saturated heterocycles. The van der Waals surface area contributed by atoms with Crippen LogP contribution in [0.1, 0.15) is 26.3 Å². The molecule has 0 amide bonds. The van der Waals surface area contributed by atoms with Crippen LogP contribution >= 0.6 is 11.8 Å². The topological polar surface area (TPSA) is 15.3 Å². The first-order valence-corrected chi connectivity index (χ1v) is 7.88. The Labute approximate surface area is 119 Å². The van der Waals surface area contributed by atoms with Crippen LogP contribution in [0, 0.1) is 5.82 Å². The molecule has 106 valence electrons. The van der Waals surface area contributed by atoms with Crippen LogP contribution in [0.15, 0.2) is 18.2 Å². The summed E-state index contributed by atoms with van der Waals surface area (Å²) in [7, 11) is 0. The van der Waals surface area contributed by atoms with Gasteiger partial charge in [-0.25, -0.2) is 4.39 Å². The Morgan fingerprint density at radius 1 is 1.42 bits per heavy atom. The van der Waals surface area contributed by atoms with Gasteiger partial charge in [-0.15, -0.1) is 0 Å². The Morgan fingerprint density at radius 3 is 2.84 bits per heavy atom. The Balaban J connectivity index is 2.12. The van der Waals surface area contributed by atoms with Gasteiger partial charge in [0.2, 0.25) is 0 Å². The smallest absolute Gasteiger partial charge is 0.146 e. The number of anilines is 1. The standard InChI is InChI=1S/C15H23FN2S/c1-4-17-10-12-5-6-14(13(16)9-12)18-7-8-19-15(2,3)11-18/h5-6,9,17H,4,7-8,10-11H2,1-3H3. The number of hydrogen-bond acceptors (Lipinski definition) is 3. The Morgan fingerprint density at radius 2 is 2.21 bits per heavy atom. The molecular formula is C15H23FN2S. The number of thioether (sulfide) groups is 1. The lowest BCUT2D eigenvalue weighted by Crippen LogP contribution is -2.43. The molecule has 1 heterocycles. The second-order valence-electron chi connectivity index (χ2n) is 5.60. The van der Waals surface area contributed by atoms with E-state index in [1.807, 2.05) is 23.9 Å². The minimum atomic E-state index is -0.0990. The number of rotatable bonds is 4. The molecule has 0 bridgehead atoms. The van der Waals surface area contributed by atoms with Crippen LogP contribution in [0.25, 0.3) is 0 Å². The van der Waals surface area contributed by atoms with E-state index in [0.717, 1.165) is 43.2 Å². The molecule has 0 aliphatic carbocycles. The fourth-order valence-corrected chi connectivity index (χ4v) is 3.52. The molecule has 2 rings (SSSR count). The molecule has 0 radical (unpaired) electrons. The monoisotopic (exact) mass is 282 g/mol. The first-order chi connectivity index (χ1) is 9.02. The zero-order valence-electron chi connectivity index (χ0n) is 12.0. The molecule has 0 unspecified atom stereocenters. The van der Waals surface area contributed by atoms with Crippen molar-refractivity contribution in [2.75, 3.05) is 30.3 Å². The van der Waals surface area contributed by atoms with Gasteiger partial charge in [-0.3, -0.25) is 0 Å². The summed E-state index contributed by atoms with van der Waals surface area (Å²) >= 11 is 1.96. The predicted octanol–water partition coefficient (Wildman–Crippen LogP) is 3.27. The maximum absolute atomic E-state index is 14.2. The highest BCUT2D eigenvalue weighted by Crippen LogP contribution is 2.33. The number of nitrogens with zero attached hydrogens (tertiary/aromatic N) is 1. The van der Waals surface area contributed by atoms with Crippen LogP contribution in [0.2, 0.25) is 0 Å². The van der Waals surface area contributed by atoms with Crippen molar-refractivity contribution in [2.24, 2.45) is 0 Å².